The van der Waals surface area contributed by atoms with Gasteiger partial charge >= 0.3 is 0 Å². The van der Waals surface area contributed by atoms with E-state index in [-0.39, 0.29) is 40.2 Å². The number of benzene rings is 3. The molecule has 0 bridgehead atoms. The Balaban J connectivity index is 1.46. The quantitative estimate of drug-likeness (QED) is 0.207. The Morgan fingerprint density at radius 3 is 2.02 bits per heavy atom. The summed E-state index contributed by atoms with van der Waals surface area (Å²) in [5.41, 5.74) is 3.25. The van der Waals surface area contributed by atoms with Crippen molar-refractivity contribution in [1.82, 2.24) is 19.4 Å². The molecule has 2 atom stereocenters. The fourth-order valence-electron chi connectivity index (χ4n) is 5.73. The van der Waals surface area contributed by atoms with Gasteiger partial charge in [-0.05, 0) is 37.1 Å². The number of Topliss-reactive ketones (excluding diaryl/α,β-unsaturated/α-hetero) is 1. The zero-order valence-corrected chi connectivity index (χ0v) is 24.4. The highest BCUT2D eigenvalue weighted by atomic mass is 35.5. The Hall–Kier alpha value is -4.14. The van der Waals surface area contributed by atoms with Gasteiger partial charge in [-0.3, -0.25) is 24.0 Å². The number of carbonyl (C=O) groups excluding carboxylic acids is 3. The average Bonchev–Trinajstić information content (AvgIpc) is 3.29. The number of piperazine rings is 1. The number of fused-ring (bicyclic) bond motifs is 1. The number of nitrogen functional groups attached to an aromatic ring is 1. The standard InChI is InChI=1S/C32H34ClN5O3/c1-20-18-37(21(2)17-36(20)29(22-11-7-5-8-12-22)23-13-9-6-10-14-23)31(40)25-15-24-26(30(39)32(41)35(3)4)19-38(34)28(24)16-27(25)33/h5-16,19-21,29H,17-18,34H2,1-4H3/t20-,21?/m0/s1. The van der Waals surface area contributed by atoms with Gasteiger partial charge in [0.2, 0.25) is 0 Å². The highest BCUT2D eigenvalue weighted by Crippen LogP contribution is 2.35. The molecule has 212 valence electrons. The number of hydrogen-bond donors (Lipinski definition) is 1. The Bertz CT molecular complexity index is 1560. The van der Waals surface area contributed by atoms with E-state index in [0.717, 1.165) is 0 Å². The van der Waals surface area contributed by atoms with Crippen molar-refractivity contribution >= 4 is 40.1 Å². The van der Waals surface area contributed by atoms with E-state index in [9.17, 15) is 14.4 Å². The molecular weight excluding hydrogens is 538 g/mol. The summed E-state index contributed by atoms with van der Waals surface area (Å²) >= 11 is 6.63. The second-order valence-corrected chi connectivity index (χ2v) is 11.3. The third-order valence-electron chi connectivity index (χ3n) is 7.85. The van der Waals surface area contributed by atoms with E-state index in [1.54, 1.807) is 12.1 Å². The molecule has 0 spiro atoms. The predicted octanol–water partition coefficient (Wildman–Crippen LogP) is 4.60. The summed E-state index contributed by atoms with van der Waals surface area (Å²) in [6, 6.07) is 23.9. The van der Waals surface area contributed by atoms with Crippen molar-refractivity contribution in [3.8, 4) is 0 Å². The minimum Gasteiger partial charge on any atom is -0.342 e. The van der Waals surface area contributed by atoms with Crippen molar-refractivity contribution in [2.24, 2.45) is 0 Å². The topological polar surface area (TPSA) is 91.9 Å². The lowest BCUT2D eigenvalue weighted by atomic mass is 9.93. The van der Waals surface area contributed by atoms with Crippen molar-refractivity contribution in [3.05, 3.63) is 106 Å². The first-order chi connectivity index (χ1) is 19.6. The Labute approximate surface area is 244 Å². The molecule has 0 radical (unpaired) electrons. The molecule has 0 aliphatic carbocycles. The number of halogens is 1. The fourth-order valence-corrected chi connectivity index (χ4v) is 5.97. The van der Waals surface area contributed by atoms with Crippen molar-refractivity contribution in [2.75, 3.05) is 33.0 Å². The Kier molecular flexibility index (Phi) is 7.89. The Morgan fingerprint density at radius 2 is 1.46 bits per heavy atom. The van der Waals surface area contributed by atoms with Gasteiger partial charge in [-0.1, -0.05) is 72.3 Å². The minimum atomic E-state index is -0.701. The molecule has 9 heteroatoms. The molecule has 3 aromatic carbocycles. The van der Waals surface area contributed by atoms with E-state index in [2.05, 4.69) is 60.4 Å². The molecule has 2 N–H and O–H groups in total. The van der Waals surface area contributed by atoms with Crippen LogP contribution in [0.1, 0.15) is 51.7 Å². The van der Waals surface area contributed by atoms with Crippen LogP contribution in [0.15, 0.2) is 79.0 Å². The van der Waals surface area contributed by atoms with Crippen LogP contribution in [0.3, 0.4) is 0 Å². The summed E-state index contributed by atoms with van der Waals surface area (Å²) in [5, 5.41) is 0.645. The number of hydrogen-bond acceptors (Lipinski definition) is 5. The molecule has 2 amide bonds. The van der Waals surface area contributed by atoms with Crippen LogP contribution in [0, 0.1) is 0 Å². The van der Waals surface area contributed by atoms with Gasteiger partial charge in [0.25, 0.3) is 17.6 Å². The third kappa shape index (κ3) is 5.33. The molecular formula is C32H34ClN5O3. The van der Waals surface area contributed by atoms with Crippen molar-refractivity contribution in [2.45, 2.75) is 32.0 Å². The van der Waals surface area contributed by atoms with Crippen LogP contribution in [-0.2, 0) is 4.79 Å². The molecule has 1 aromatic heterocycles. The number of nitrogens with zero attached hydrogens (tertiary/aromatic N) is 4. The second-order valence-electron chi connectivity index (χ2n) is 10.9. The minimum absolute atomic E-state index is 0.0409. The van der Waals surface area contributed by atoms with Gasteiger partial charge in [0.15, 0.2) is 0 Å². The van der Waals surface area contributed by atoms with Gasteiger partial charge in [-0.15, -0.1) is 0 Å². The zero-order chi connectivity index (χ0) is 29.4. The van der Waals surface area contributed by atoms with Crippen LogP contribution in [-0.4, -0.2) is 76.2 Å². The normalized spacial score (nSPS) is 17.7. The van der Waals surface area contributed by atoms with E-state index < -0.39 is 11.7 Å². The lowest BCUT2D eigenvalue weighted by Crippen LogP contribution is -2.58. The molecule has 5 rings (SSSR count). The van der Waals surface area contributed by atoms with Crippen LogP contribution in [0.2, 0.25) is 5.02 Å². The number of amides is 2. The molecule has 41 heavy (non-hydrogen) atoms. The van der Waals surface area contributed by atoms with Crippen molar-refractivity contribution in [3.63, 3.8) is 0 Å². The summed E-state index contributed by atoms with van der Waals surface area (Å²) in [6.45, 7) is 5.32. The van der Waals surface area contributed by atoms with Gasteiger partial charge in [0.05, 0.1) is 27.7 Å². The van der Waals surface area contributed by atoms with Crippen LogP contribution < -0.4 is 5.84 Å². The summed E-state index contributed by atoms with van der Waals surface area (Å²) in [4.78, 5) is 44.8. The third-order valence-corrected chi connectivity index (χ3v) is 8.17. The molecule has 2 heterocycles. The second kappa shape index (κ2) is 11.4. The number of rotatable bonds is 6. The molecule has 1 unspecified atom stereocenters. The molecule has 1 aliphatic rings. The maximum Gasteiger partial charge on any atom is 0.294 e. The van der Waals surface area contributed by atoms with E-state index in [1.807, 2.05) is 24.0 Å². The van der Waals surface area contributed by atoms with E-state index in [4.69, 9.17) is 17.4 Å². The zero-order valence-electron chi connectivity index (χ0n) is 23.6. The molecule has 0 saturated carbocycles. The summed E-state index contributed by atoms with van der Waals surface area (Å²) < 4.78 is 1.25. The lowest BCUT2D eigenvalue weighted by Gasteiger charge is -2.47. The summed E-state index contributed by atoms with van der Waals surface area (Å²) in [7, 11) is 3.02. The van der Waals surface area contributed by atoms with Crippen molar-refractivity contribution in [1.29, 1.82) is 0 Å². The van der Waals surface area contributed by atoms with Crippen LogP contribution in [0.4, 0.5) is 0 Å². The number of carbonyl (C=O) groups is 3. The smallest absolute Gasteiger partial charge is 0.294 e. The molecule has 8 nitrogen and oxygen atoms in total. The SMILES string of the molecule is CC1CN(C(c2ccccc2)c2ccccc2)[C@@H](C)CN1C(=O)c1cc2c(C(=O)C(=O)N(C)C)cn(N)c2cc1Cl. The van der Waals surface area contributed by atoms with E-state index >= 15 is 0 Å². The maximum absolute atomic E-state index is 14.0. The van der Waals surface area contributed by atoms with E-state index in [1.165, 1.54) is 41.0 Å². The average molecular weight is 572 g/mol. The largest absolute Gasteiger partial charge is 0.342 e. The van der Waals surface area contributed by atoms with Gasteiger partial charge in [0, 0.05) is 50.9 Å². The first-order valence-electron chi connectivity index (χ1n) is 13.6. The maximum atomic E-state index is 14.0. The number of aromatic nitrogens is 1. The molecule has 1 aliphatic heterocycles. The van der Waals surface area contributed by atoms with Crippen LogP contribution in [0.25, 0.3) is 10.9 Å². The highest BCUT2D eigenvalue weighted by Gasteiger charge is 2.37. The molecule has 1 fully saturated rings. The molecule has 4 aromatic rings. The number of ketones is 1. The van der Waals surface area contributed by atoms with Gasteiger partial charge in [0.1, 0.15) is 0 Å². The van der Waals surface area contributed by atoms with Crippen molar-refractivity contribution < 1.29 is 14.4 Å². The first-order valence-corrected chi connectivity index (χ1v) is 14.0. The van der Waals surface area contributed by atoms with Gasteiger partial charge < -0.3 is 15.6 Å². The monoisotopic (exact) mass is 571 g/mol. The van der Waals surface area contributed by atoms with Crippen LogP contribution >= 0.6 is 11.6 Å². The van der Waals surface area contributed by atoms with Crippen LogP contribution in [0.5, 0.6) is 0 Å². The lowest BCUT2D eigenvalue weighted by molar-refractivity contribution is -0.124. The van der Waals surface area contributed by atoms with E-state index in [0.29, 0.717) is 24.0 Å². The number of nitrogens with two attached hydrogens (primary N) is 1. The van der Waals surface area contributed by atoms with Gasteiger partial charge in [-0.25, -0.2) is 0 Å². The fraction of sp³-hybridized carbons (Fsp3) is 0.281. The summed E-state index contributed by atoms with van der Waals surface area (Å²) in [6.07, 6.45) is 1.40. The predicted molar refractivity (Wildman–Crippen MR) is 162 cm³/mol. The highest BCUT2D eigenvalue weighted by molar-refractivity contribution is 6.45. The Morgan fingerprint density at radius 1 is 0.878 bits per heavy atom. The van der Waals surface area contributed by atoms with Gasteiger partial charge in [-0.2, -0.15) is 0 Å². The summed E-state index contributed by atoms with van der Waals surface area (Å²) in [5.74, 6) is 4.48. The molecule has 1 saturated heterocycles. The number of likely N-dealkylation sites (N-methyl/N-ethyl adjacent to an activating group) is 1. The first kappa shape index (κ1) is 28.4.